The number of nitrogens with zero attached hydrogens (tertiary/aromatic N) is 4. The van der Waals surface area contributed by atoms with Gasteiger partial charge in [0.2, 0.25) is 10.0 Å². The highest BCUT2D eigenvalue weighted by atomic mass is 32.2. The average Bonchev–Trinajstić information content (AvgIpc) is 3.15. The van der Waals surface area contributed by atoms with Crippen molar-refractivity contribution in [1.29, 1.82) is 0 Å². The van der Waals surface area contributed by atoms with Gasteiger partial charge in [0.05, 0.1) is 4.90 Å². The molecule has 0 aliphatic heterocycles. The van der Waals surface area contributed by atoms with Crippen molar-refractivity contribution in [3.05, 3.63) is 84.8 Å². The summed E-state index contributed by atoms with van der Waals surface area (Å²) in [7, 11) is -0.433. The van der Waals surface area contributed by atoms with E-state index < -0.39 is 10.0 Å². The lowest BCUT2D eigenvalue weighted by Gasteiger charge is -2.18. The van der Waals surface area contributed by atoms with Crippen LogP contribution >= 0.6 is 0 Å². The summed E-state index contributed by atoms with van der Waals surface area (Å²) in [6.45, 7) is 0. The molecule has 2 aromatic carbocycles. The van der Waals surface area contributed by atoms with Gasteiger partial charge in [0.25, 0.3) is 5.91 Å². The van der Waals surface area contributed by atoms with E-state index in [1.807, 2.05) is 30.3 Å². The van der Waals surface area contributed by atoms with Gasteiger partial charge in [-0.15, -0.1) is 0 Å². The molecular formula is C23H21N5O3S. The van der Waals surface area contributed by atoms with Gasteiger partial charge in [-0.25, -0.2) is 13.6 Å². The lowest BCUT2D eigenvalue weighted by molar-refractivity contribution is 0.0984. The number of carbonyl (C=O) groups is 1. The number of para-hydroxylation sites is 1. The van der Waals surface area contributed by atoms with Crippen LogP contribution in [0.15, 0.2) is 84.0 Å². The van der Waals surface area contributed by atoms with Crippen molar-refractivity contribution < 1.29 is 13.2 Å². The van der Waals surface area contributed by atoms with Crippen LogP contribution in [0.5, 0.6) is 0 Å². The van der Waals surface area contributed by atoms with E-state index >= 15 is 0 Å². The molecule has 0 saturated carbocycles. The summed E-state index contributed by atoms with van der Waals surface area (Å²) in [6, 6.07) is 19.0. The summed E-state index contributed by atoms with van der Waals surface area (Å²) in [5.74, 6) is -0.253. The number of benzene rings is 2. The van der Waals surface area contributed by atoms with Gasteiger partial charge >= 0.3 is 0 Å². The summed E-state index contributed by atoms with van der Waals surface area (Å²) in [4.78, 5) is 19.2. The molecule has 0 saturated heterocycles. The molecule has 0 radical (unpaired) electrons. The van der Waals surface area contributed by atoms with Crippen LogP contribution in [0.2, 0.25) is 0 Å². The van der Waals surface area contributed by atoms with Crippen LogP contribution in [0, 0.1) is 0 Å². The lowest BCUT2D eigenvalue weighted by Crippen LogP contribution is -2.28. The Kier molecular flexibility index (Phi) is 5.60. The molecule has 0 aliphatic carbocycles. The number of hydrogen-bond donors (Lipinski definition) is 1. The van der Waals surface area contributed by atoms with E-state index in [2.05, 4.69) is 10.1 Å². The number of amides is 1. The zero-order valence-electron chi connectivity index (χ0n) is 17.5. The highest BCUT2D eigenvalue weighted by Crippen LogP contribution is 2.35. The summed E-state index contributed by atoms with van der Waals surface area (Å²) >= 11 is 0. The zero-order chi connectivity index (χ0) is 22.9. The molecule has 0 spiro atoms. The summed E-state index contributed by atoms with van der Waals surface area (Å²) in [5, 5.41) is 9.86. The third-order valence-corrected chi connectivity index (χ3v) is 6.05. The number of nitrogens with two attached hydrogens (primary N) is 1. The minimum Gasteiger partial charge on any atom is -0.310 e. The standard InChI is InChI=1S/C23H21N5O3S/c1-27(18-6-4-3-5-7-18)23(29)22-20(16-8-10-19(11-9-16)32(24,30)31)21(26-28(22)2)17-12-14-25-15-13-17/h3-15H,1-2H3,(H2,24,30,31). The monoisotopic (exact) mass is 447 g/mol. The Morgan fingerprint density at radius 2 is 1.56 bits per heavy atom. The third kappa shape index (κ3) is 4.03. The van der Waals surface area contributed by atoms with Gasteiger partial charge in [0, 0.05) is 43.3 Å². The van der Waals surface area contributed by atoms with E-state index in [0.29, 0.717) is 22.5 Å². The Morgan fingerprint density at radius 1 is 0.938 bits per heavy atom. The van der Waals surface area contributed by atoms with E-state index in [1.54, 1.807) is 60.3 Å². The topological polar surface area (TPSA) is 111 Å². The van der Waals surface area contributed by atoms with Crippen molar-refractivity contribution in [2.45, 2.75) is 4.90 Å². The molecule has 32 heavy (non-hydrogen) atoms. The predicted molar refractivity (Wildman–Crippen MR) is 122 cm³/mol. The Hall–Kier alpha value is -3.82. The molecule has 4 rings (SSSR count). The molecule has 2 aromatic heterocycles. The number of aryl methyl sites for hydroxylation is 1. The maximum Gasteiger partial charge on any atom is 0.276 e. The molecule has 0 atom stereocenters. The normalized spacial score (nSPS) is 11.3. The SMILES string of the molecule is CN(C(=O)c1c(-c2ccc(S(N)(=O)=O)cc2)c(-c2ccncc2)nn1C)c1ccccc1. The van der Waals surface area contributed by atoms with Gasteiger partial charge < -0.3 is 4.90 Å². The molecule has 0 aliphatic rings. The number of rotatable bonds is 5. The number of sulfonamides is 1. The number of anilines is 1. The number of primary sulfonamides is 1. The highest BCUT2D eigenvalue weighted by Gasteiger charge is 2.27. The van der Waals surface area contributed by atoms with Crippen LogP contribution in [0.4, 0.5) is 5.69 Å². The quantitative estimate of drug-likeness (QED) is 0.505. The van der Waals surface area contributed by atoms with Gasteiger partial charge in [-0.1, -0.05) is 30.3 Å². The molecular weight excluding hydrogens is 426 g/mol. The van der Waals surface area contributed by atoms with Gasteiger partial charge in [-0.3, -0.25) is 14.5 Å². The fourth-order valence-corrected chi connectivity index (χ4v) is 4.01. The predicted octanol–water partition coefficient (Wildman–Crippen LogP) is 3.07. The molecule has 4 aromatic rings. The molecule has 0 fully saturated rings. The maximum absolute atomic E-state index is 13.6. The number of carbonyl (C=O) groups excluding carboxylic acids is 1. The fraction of sp³-hybridized carbons (Fsp3) is 0.0870. The van der Waals surface area contributed by atoms with Gasteiger partial charge in [-0.05, 0) is 42.0 Å². The fourth-order valence-electron chi connectivity index (χ4n) is 3.49. The maximum atomic E-state index is 13.6. The molecule has 2 heterocycles. The van der Waals surface area contributed by atoms with Crippen molar-refractivity contribution in [3.8, 4) is 22.4 Å². The zero-order valence-corrected chi connectivity index (χ0v) is 18.3. The van der Waals surface area contributed by atoms with E-state index in [9.17, 15) is 13.2 Å². The second-order valence-electron chi connectivity index (χ2n) is 7.20. The van der Waals surface area contributed by atoms with Crippen molar-refractivity contribution in [3.63, 3.8) is 0 Å². The van der Waals surface area contributed by atoms with Gasteiger partial charge in [0.1, 0.15) is 11.4 Å². The number of aromatic nitrogens is 3. The van der Waals surface area contributed by atoms with E-state index in [4.69, 9.17) is 5.14 Å². The summed E-state index contributed by atoms with van der Waals surface area (Å²) in [6.07, 6.45) is 3.30. The van der Waals surface area contributed by atoms with Crippen LogP contribution in [0.25, 0.3) is 22.4 Å². The molecule has 0 unspecified atom stereocenters. The van der Waals surface area contributed by atoms with E-state index in [-0.39, 0.29) is 10.8 Å². The summed E-state index contributed by atoms with van der Waals surface area (Å²) in [5.41, 5.74) is 3.70. The van der Waals surface area contributed by atoms with Crippen LogP contribution < -0.4 is 10.0 Å². The van der Waals surface area contributed by atoms with Gasteiger partial charge in [-0.2, -0.15) is 5.10 Å². The molecule has 1 amide bonds. The first-order valence-electron chi connectivity index (χ1n) is 9.71. The van der Waals surface area contributed by atoms with Crippen LogP contribution in [-0.2, 0) is 17.1 Å². The first-order chi connectivity index (χ1) is 15.3. The van der Waals surface area contributed by atoms with E-state index in [1.165, 1.54) is 12.1 Å². The van der Waals surface area contributed by atoms with E-state index in [0.717, 1.165) is 11.3 Å². The van der Waals surface area contributed by atoms with Crippen molar-refractivity contribution >= 4 is 21.6 Å². The second kappa shape index (κ2) is 8.37. The van der Waals surface area contributed by atoms with Crippen LogP contribution in [-0.4, -0.2) is 36.1 Å². The Labute approximate surface area is 186 Å². The van der Waals surface area contributed by atoms with Crippen molar-refractivity contribution in [1.82, 2.24) is 14.8 Å². The Bertz CT molecular complexity index is 1370. The van der Waals surface area contributed by atoms with Crippen molar-refractivity contribution in [2.24, 2.45) is 12.2 Å². The molecule has 0 bridgehead atoms. The van der Waals surface area contributed by atoms with Crippen LogP contribution in [0.1, 0.15) is 10.5 Å². The smallest absolute Gasteiger partial charge is 0.276 e. The van der Waals surface area contributed by atoms with Crippen LogP contribution in [0.3, 0.4) is 0 Å². The second-order valence-corrected chi connectivity index (χ2v) is 8.76. The number of pyridine rings is 1. The Morgan fingerprint density at radius 3 is 2.16 bits per heavy atom. The summed E-state index contributed by atoms with van der Waals surface area (Å²) < 4.78 is 24.9. The molecule has 8 nitrogen and oxygen atoms in total. The first-order valence-corrected chi connectivity index (χ1v) is 11.3. The molecule has 2 N–H and O–H groups in total. The Balaban J connectivity index is 1.91. The molecule has 9 heteroatoms. The largest absolute Gasteiger partial charge is 0.310 e. The van der Waals surface area contributed by atoms with Crippen molar-refractivity contribution in [2.75, 3.05) is 11.9 Å². The third-order valence-electron chi connectivity index (χ3n) is 5.12. The minimum absolute atomic E-state index is 0.00937. The first kappa shape index (κ1) is 21.4. The highest BCUT2D eigenvalue weighted by molar-refractivity contribution is 7.89. The van der Waals surface area contributed by atoms with Gasteiger partial charge in [0.15, 0.2) is 0 Å². The minimum atomic E-state index is -3.84. The average molecular weight is 448 g/mol. The molecule has 162 valence electrons. The number of hydrogen-bond acceptors (Lipinski definition) is 5. The lowest BCUT2D eigenvalue weighted by atomic mass is 9.98.